The number of ether oxygens (including phenoxy) is 1. The summed E-state index contributed by atoms with van der Waals surface area (Å²) in [5, 5.41) is 1.61. The minimum absolute atomic E-state index is 0.119. The molecule has 4 rings (SSSR count). The molecule has 29 heavy (non-hydrogen) atoms. The summed E-state index contributed by atoms with van der Waals surface area (Å²) in [6, 6.07) is 13.8. The lowest BCUT2D eigenvalue weighted by Gasteiger charge is -2.34. The number of aryl methyl sites for hydroxylation is 1. The van der Waals surface area contributed by atoms with Gasteiger partial charge in [0.25, 0.3) is 0 Å². The highest BCUT2D eigenvalue weighted by Gasteiger charge is 2.23. The largest absolute Gasteiger partial charge is 0.491 e. The fraction of sp³-hybridized carbons (Fsp3) is 0.364. The zero-order chi connectivity index (χ0) is 20.2. The quantitative estimate of drug-likeness (QED) is 0.573. The van der Waals surface area contributed by atoms with Crippen LogP contribution in [0.2, 0.25) is 5.02 Å². The molecule has 1 aromatic heterocycles. The zero-order valence-electron chi connectivity index (χ0n) is 16.4. The summed E-state index contributed by atoms with van der Waals surface area (Å²) in [5.41, 5.74) is 2.39. The Labute approximate surface area is 179 Å². The molecule has 1 aliphatic heterocycles. The third-order valence-corrected chi connectivity index (χ3v) is 6.55. The molecule has 0 N–H and O–H groups in total. The van der Waals surface area contributed by atoms with E-state index in [4.69, 9.17) is 21.3 Å². The van der Waals surface area contributed by atoms with Crippen LogP contribution >= 0.6 is 22.9 Å². The molecule has 3 aromatic rings. The van der Waals surface area contributed by atoms with E-state index in [-0.39, 0.29) is 5.91 Å². The SMILES string of the molecule is CCc1ccc2nc(N3CCN(C(=O)CCOc4ccccc4Cl)CC3)sc2c1. The second-order valence-corrected chi connectivity index (χ2v) is 8.47. The van der Waals surface area contributed by atoms with Crippen molar-refractivity contribution >= 4 is 44.2 Å². The summed E-state index contributed by atoms with van der Waals surface area (Å²) >= 11 is 7.81. The van der Waals surface area contributed by atoms with E-state index in [0.717, 1.165) is 30.2 Å². The van der Waals surface area contributed by atoms with Crippen LogP contribution in [-0.4, -0.2) is 48.6 Å². The molecule has 1 aliphatic rings. The topological polar surface area (TPSA) is 45.7 Å². The molecule has 7 heteroatoms. The molecular weight excluding hydrogens is 406 g/mol. The first-order chi connectivity index (χ1) is 14.1. The normalized spacial score (nSPS) is 14.4. The first kappa shape index (κ1) is 20.0. The van der Waals surface area contributed by atoms with Gasteiger partial charge in [-0.2, -0.15) is 0 Å². The third-order valence-electron chi connectivity index (χ3n) is 5.16. The summed E-state index contributed by atoms with van der Waals surface area (Å²) in [6.07, 6.45) is 1.39. The first-order valence-electron chi connectivity index (χ1n) is 9.93. The summed E-state index contributed by atoms with van der Waals surface area (Å²) < 4.78 is 6.87. The number of benzene rings is 2. The van der Waals surface area contributed by atoms with Gasteiger partial charge in [0.1, 0.15) is 5.75 Å². The molecule has 2 heterocycles. The maximum Gasteiger partial charge on any atom is 0.226 e. The second-order valence-electron chi connectivity index (χ2n) is 7.05. The fourth-order valence-corrected chi connectivity index (χ4v) is 4.70. The molecule has 0 atom stereocenters. The van der Waals surface area contributed by atoms with E-state index in [1.54, 1.807) is 17.4 Å². The molecule has 2 aromatic carbocycles. The van der Waals surface area contributed by atoms with Crippen LogP contribution in [0, 0.1) is 0 Å². The fourth-order valence-electron chi connectivity index (χ4n) is 3.43. The molecule has 1 amide bonds. The van der Waals surface area contributed by atoms with Crippen LogP contribution in [0.5, 0.6) is 5.75 Å². The number of para-hydroxylation sites is 1. The Kier molecular flexibility index (Phi) is 6.21. The number of aromatic nitrogens is 1. The molecule has 0 spiro atoms. The van der Waals surface area contributed by atoms with Crippen molar-refractivity contribution in [2.24, 2.45) is 0 Å². The molecule has 1 saturated heterocycles. The number of fused-ring (bicyclic) bond motifs is 1. The molecule has 1 fully saturated rings. The second kappa shape index (κ2) is 9.01. The molecule has 0 bridgehead atoms. The van der Waals surface area contributed by atoms with Crippen molar-refractivity contribution in [3.05, 3.63) is 53.1 Å². The minimum atomic E-state index is 0.119. The average Bonchev–Trinajstić information content (AvgIpc) is 3.18. The lowest BCUT2D eigenvalue weighted by molar-refractivity contribution is -0.132. The van der Waals surface area contributed by atoms with Gasteiger partial charge in [0.15, 0.2) is 5.13 Å². The maximum atomic E-state index is 12.5. The van der Waals surface area contributed by atoms with Crippen LogP contribution in [0.4, 0.5) is 5.13 Å². The van der Waals surface area contributed by atoms with Crippen LogP contribution in [0.3, 0.4) is 0 Å². The molecule has 5 nitrogen and oxygen atoms in total. The highest BCUT2D eigenvalue weighted by Crippen LogP contribution is 2.30. The Morgan fingerprint density at radius 3 is 2.72 bits per heavy atom. The molecule has 0 radical (unpaired) electrons. The van der Waals surface area contributed by atoms with E-state index in [1.807, 2.05) is 23.1 Å². The van der Waals surface area contributed by atoms with Gasteiger partial charge in [0, 0.05) is 26.2 Å². The number of halogens is 1. The van der Waals surface area contributed by atoms with Crippen molar-refractivity contribution in [1.82, 2.24) is 9.88 Å². The minimum Gasteiger partial charge on any atom is -0.491 e. The van der Waals surface area contributed by atoms with Crippen molar-refractivity contribution in [1.29, 1.82) is 0 Å². The number of rotatable bonds is 6. The van der Waals surface area contributed by atoms with Crippen molar-refractivity contribution < 1.29 is 9.53 Å². The Balaban J connectivity index is 1.28. The smallest absolute Gasteiger partial charge is 0.226 e. The standard InChI is InChI=1S/C22H24ClN3O2S/c1-2-16-7-8-18-20(15-16)29-22(24-18)26-12-10-25(11-13-26)21(27)9-14-28-19-6-4-3-5-17(19)23/h3-8,15H,2,9-14H2,1H3. The van der Waals surface area contributed by atoms with E-state index < -0.39 is 0 Å². The number of piperazine rings is 1. The number of thiazole rings is 1. The van der Waals surface area contributed by atoms with E-state index in [1.165, 1.54) is 10.3 Å². The van der Waals surface area contributed by atoms with E-state index >= 15 is 0 Å². The number of hydrogen-bond donors (Lipinski definition) is 0. The molecule has 152 valence electrons. The van der Waals surface area contributed by atoms with Gasteiger partial charge in [-0.3, -0.25) is 4.79 Å². The summed E-state index contributed by atoms with van der Waals surface area (Å²) in [4.78, 5) is 21.5. The monoisotopic (exact) mass is 429 g/mol. The summed E-state index contributed by atoms with van der Waals surface area (Å²) in [5.74, 6) is 0.738. The molecular formula is C22H24ClN3O2S. The number of carbonyl (C=O) groups is 1. The summed E-state index contributed by atoms with van der Waals surface area (Å²) in [7, 11) is 0. The van der Waals surface area contributed by atoms with Gasteiger partial charge in [0.2, 0.25) is 5.91 Å². The third kappa shape index (κ3) is 4.65. The van der Waals surface area contributed by atoms with E-state index in [9.17, 15) is 4.79 Å². The van der Waals surface area contributed by atoms with Crippen LogP contribution in [0.15, 0.2) is 42.5 Å². The van der Waals surface area contributed by atoms with Crippen molar-refractivity contribution in [3.8, 4) is 5.75 Å². The van der Waals surface area contributed by atoms with Crippen molar-refractivity contribution in [2.75, 3.05) is 37.7 Å². The van der Waals surface area contributed by atoms with Gasteiger partial charge in [0.05, 0.1) is 28.3 Å². The maximum absolute atomic E-state index is 12.5. The first-order valence-corrected chi connectivity index (χ1v) is 11.1. The van der Waals surface area contributed by atoms with E-state index in [0.29, 0.717) is 36.9 Å². The molecule has 0 aliphatic carbocycles. The van der Waals surface area contributed by atoms with Crippen LogP contribution < -0.4 is 9.64 Å². The number of amides is 1. The number of hydrogen-bond acceptors (Lipinski definition) is 5. The predicted octanol–water partition coefficient (Wildman–Crippen LogP) is 4.63. The van der Waals surface area contributed by atoms with Gasteiger partial charge in [-0.25, -0.2) is 4.98 Å². The Hall–Kier alpha value is -2.31. The van der Waals surface area contributed by atoms with Gasteiger partial charge < -0.3 is 14.5 Å². The highest BCUT2D eigenvalue weighted by atomic mass is 35.5. The number of anilines is 1. The predicted molar refractivity (Wildman–Crippen MR) is 119 cm³/mol. The van der Waals surface area contributed by atoms with Crippen molar-refractivity contribution in [2.45, 2.75) is 19.8 Å². The highest BCUT2D eigenvalue weighted by molar-refractivity contribution is 7.22. The Morgan fingerprint density at radius 1 is 1.17 bits per heavy atom. The lowest BCUT2D eigenvalue weighted by atomic mass is 10.2. The number of nitrogens with zero attached hydrogens (tertiary/aromatic N) is 3. The van der Waals surface area contributed by atoms with Gasteiger partial charge in [-0.15, -0.1) is 0 Å². The van der Waals surface area contributed by atoms with Gasteiger partial charge >= 0.3 is 0 Å². The van der Waals surface area contributed by atoms with E-state index in [2.05, 4.69) is 30.0 Å². The van der Waals surface area contributed by atoms with Gasteiger partial charge in [-0.1, -0.05) is 48.1 Å². The molecule has 0 unspecified atom stereocenters. The lowest BCUT2D eigenvalue weighted by Crippen LogP contribution is -2.49. The van der Waals surface area contributed by atoms with Crippen LogP contribution in [0.25, 0.3) is 10.2 Å². The van der Waals surface area contributed by atoms with Crippen molar-refractivity contribution in [3.63, 3.8) is 0 Å². The molecule has 0 saturated carbocycles. The Bertz CT molecular complexity index is 999. The Morgan fingerprint density at radius 2 is 1.97 bits per heavy atom. The summed E-state index contributed by atoms with van der Waals surface area (Å²) in [6.45, 7) is 5.52. The zero-order valence-corrected chi connectivity index (χ0v) is 18.0. The van der Waals surface area contributed by atoms with Crippen LogP contribution in [0.1, 0.15) is 18.9 Å². The van der Waals surface area contributed by atoms with Crippen LogP contribution in [-0.2, 0) is 11.2 Å². The number of carbonyl (C=O) groups excluding carboxylic acids is 1. The van der Waals surface area contributed by atoms with Gasteiger partial charge in [-0.05, 0) is 36.2 Å². The average molecular weight is 430 g/mol.